The largest absolute Gasteiger partial charge is 0.394 e. The van der Waals surface area contributed by atoms with E-state index < -0.39 is 36.7 Å². The Kier molecular flexibility index (Phi) is 2.07. The minimum absolute atomic E-state index is 0.653. The number of hydrogen-bond acceptors (Lipinski definition) is 8. The van der Waals surface area contributed by atoms with Crippen LogP contribution in [0.1, 0.15) is 0 Å². The Balaban J connectivity index is 2.25. The van der Waals surface area contributed by atoms with Crippen molar-refractivity contribution in [3.63, 3.8) is 0 Å². The molecule has 0 unspecified atom stereocenters. The molecule has 0 spiro atoms. The molecule has 0 amide bonds. The topological polar surface area (TPSA) is 129 Å². The molecule has 14 heavy (non-hydrogen) atoms. The maximum absolute atomic E-state index is 9.43. The third-order valence-electron chi connectivity index (χ3n) is 2.33. The fraction of sp³-hybridized carbons (Fsp3) is 1.00. The highest BCUT2D eigenvalue weighted by Gasteiger charge is 2.75. The van der Waals surface area contributed by atoms with Gasteiger partial charge in [-0.05, 0) is 0 Å². The van der Waals surface area contributed by atoms with E-state index in [9.17, 15) is 20.4 Å². The first kappa shape index (κ1) is 10.2. The molecule has 0 bridgehead atoms. The second kappa shape index (κ2) is 2.84. The van der Waals surface area contributed by atoms with E-state index in [-0.39, 0.29) is 0 Å². The standard InChI is InChI=1S/C6H10O8/c7-1-2-3(8)4(9)5(10)6(11,12-2)14-13-5/h2-4,7-11H,1H2/t2-,3-,4+,5-,6+/m1/s1. The van der Waals surface area contributed by atoms with Gasteiger partial charge in [-0.2, -0.15) is 9.78 Å². The second-order valence-corrected chi connectivity index (χ2v) is 3.22. The van der Waals surface area contributed by atoms with Gasteiger partial charge in [0.15, 0.2) is 0 Å². The van der Waals surface area contributed by atoms with Gasteiger partial charge in [0.25, 0.3) is 0 Å². The second-order valence-electron chi connectivity index (χ2n) is 3.22. The van der Waals surface area contributed by atoms with Crippen LogP contribution in [0.15, 0.2) is 0 Å². The fourth-order valence-electron chi connectivity index (χ4n) is 1.39. The quantitative estimate of drug-likeness (QED) is 0.281. The Hall–Kier alpha value is -0.320. The van der Waals surface area contributed by atoms with Crippen LogP contribution in [0.2, 0.25) is 0 Å². The lowest BCUT2D eigenvalue weighted by molar-refractivity contribution is -0.731. The summed E-state index contributed by atoms with van der Waals surface area (Å²) in [6.07, 6.45) is -4.69. The lowest BCUT2D eigenvalue weighted by atomic mass is 9.93. The first-order chi connectivity index (χ1) is 6.44. The van der Waals surface area contributed by atoms with Crippen molar-refractivity contribution in [3.05, 3.63) is 0 Å². The predicted octanol–water partition coefficient (Wildman–Crippen LogP) is -3.60. The highest BCUT2D eigenvalue weighted by atomic mass is 17.3. The summed E-state index contributed by atoms with van der Waals surface area (Å²) >= 11 is 0. The van der Waals surface area contributed by atoms with Crippen molar-refractivity contribution in [2.24, 2.45) is 0 Å². The lowest BCUT2D eigenvalue weighted by Gasteiger charge is -2.55. The van der Waals surface area contributed by atoms with E-state index in [4.69, 9.17) is 5.11 Å². The highest BCUT2D eigenvalue weighted by Crippen LogP contribution is 2.45. The molecular formula is C6H10O8. The zero-order valence-electron chi connectivity index (χ0n) is 6.90. The van der Waals surface area contributed by atoms with Crippen LogP contribution in [0.25, 0.3) is 0 Å². The summed E-state index contributed by atoms with van der Waals surface area (Å²) in [5.41, 5.74) is 0. The van der Waals surface area contributed by atoms with E-state index in [0.717, 1.165) is 0 Å². The van der Waals surface area contributed by atoms with E-state index in [1.165, 1.54) is 0 Å². The predicted molar refractivity (Wildman–Crippen MR) is 36.0 cm³/mol. The first-order valence-electron chi connectivity index (χ1n) is 3.91. The van der Waals surface area contributed by atoms with E-state index >= 15 is 0 Å². The molecule has 2 aliphatic heterocycles. The maximum atomic E-state index is 9.43. The molecule has 2 saturated heterocycles. The van der Waals surface area contributed by atoms with E-state index in [1.807, 2.05) is 0 Å². The van der Waals surface area contributed by atoms with Crippen molar-refractivity contribution in [2.45, 2.75) is 30.1 Å². The number of fused-ring (bicyclic) bond motifs is 1. The van der Waals surface area contributed by atoms with Crippen LogP contribution in [0.5, 0.6) is 0 Å². The smallest absolute Gasteiger partial charge is 0.371 e. The van der Waals surface area contributed by atoms with Crippen molar-refractivity contribution >= 4 is 0 Å². The number of ether oxygens (including phenoxy) is 1. The van der Waals surface area contributed by atoms with E-state index in [0.29, 0.717) is 0 Å². The van der Waals surface area contributed by atoms with Gasteiger partial charge in [0.2, 0.25) is 0 Å². The minimum Gasteiger partial charge on any atom is -0.394 e. The van der Waals surface area contributed by atoms with Crippen LogP contribution in [0.4, 0.5) is 0 Å². The van der Waals surface area contributed by atoms with Crippen molar-refractivity contribution in [3.8, 4) is 0 Å². The van der Waals surface area contributed by atoms with Crippen LogP contribution < -0.4 is 0 Å². The summed E-state index contributed by atoms with van der Waals surface area (Å²) in [6, 6.07) is 0. The molecule has 82 valence electrons. The average Bonchev–Trinajstić information content (AvgIpc) is 2.19. The molecule has 8 nitrogen and oxygen atoms in total. The van der Waals surface area contributed by atoms with Gasteiger partial charge in [-0.3, -0.25) is 0 Å². The fourth-order valence-corrected chi connectivity index (χ4v) is 1.39. The first-order valence-corrected chi connectivity index (χ1v) is 3.91. The molecule has 0 aliphatic carbocycles. The molecule has 2 aliphatic rings. The van der Waals surface area contributed by atoms with Crippen LogP contribution in [0.3, 0.4) is 0 Å². The molecule has 2 rings (SSSR count). The van der Waals surface area contributed by atoms with Gasteiger partial charge < -0.3 is 30.3 Å². The summed E-state index contributed by atoms with van der Waals surface area (Å²) in [5.74, 6) is -5.09. The molecular weight excluding hydrogens is 200 g/mol. The van der Waals surface area contributed by atoms with Gasteiger partial charge in [0.05, 0.1) is 6.61 Å². The Bertz CT molecular complexity index is 246. The van der Waals surface area contributed by atoms with E-state index in [1.54, 1.807) is 0 Å². The number of aliphatic hydroxyl groups excluding tert-OH is 3. The summed E-state index contributed by atoms with van der Waals surface area (Å²) in [4.78, 5) is 8.17. The van der Waals surface area contributed by atoms with Crippen LogP contribution in [-0.4, -0.2) is 62.2 Å². The van der Waals surface area contributed by atoms with Gasteiger partial charge in [-0.15, -0.1) is 0 Å². The molecule has 0 saturated carbocycles. The Labute approximate surface area is 77.8 Å². The van der Waals surface area contributed by atoms with Crippen molar-refractivity contribution in [1.29, 1.82) is 0 Å². The van der Waals surface area contributed by atoms with Crippen molar-refractivity contribution < 1.29 is 40.0 Å². The molecule has 2 fully saturated rings. The highest BCUT2D eigenvalue weighted by molar-refractivity contribution is 5.00. The third-order valence-corrected chi connectivity index (χ3v) is 2.33. The zero-order chi connectivity index (χ0) is 10.6. The molecule has 0 aromatic rings. The van der Waals surface area contributed by atoms with Gasteiger partial charge in [-0.1, -0.05) is 0 Å². The summed E-state index contributed by atoms with van der Waals surface area (Å²) in [7, 11) is 0. The lowest BCUT2D eigenvalue weighted by Crippen LogP contribution is -2.81. The summed E-state index contributed by atoms with van der Waals surface area (Å²) in [6.45, 7) is -0.653. The molecule has 0 radical (unpaired) electrons. The van der Waals surface area contributed by atoms with Gasteiger partial charge >= 0.3 is 11.8 Å². The number of aliphatic hydroxyl groups is 5. The SMILES string of the molecule is OC[C@H]1O[C@]2(O)OO[C@]2(O)[C@@H](O)[C@@H]1O. The zero-order valence-corrected chi connectivity index (χ0v) is 6.90. The average molecular weight is 210 g/mol. The molecule has 0 aromatic carbocycles. The Morgan fingerprint density at radius 2 is 1.79 bits per heavy atom. The van der Waals surface area contributed by atoms with Crippen molar-refractivity contribution in [2.75, 3.05) is 6.61 Å². The van der Waals surface area contributed by atoms with E-state index in [2.05, 4.69) is 14.5 Å². The van der Waals surface area contributed by atoms with Gasteiger partial charge in [0.1, 0.15) is 18.3 Å². The monoisotopic (exact) mass is 210 g/mol. The molecule has 2 heterocycles. The third kappa shape index (κ3) is 0.990. The molecule has 5 N–H and O–H groups in total. The number of hydrogen-bond donors (Lipinski definition) is 5. The Morgan fingerprint density at radius 1 is 1.14 bits per heavy atom. The minimum atomic E-state index is -2.56. The van der Waals surface area contributed by atoms with Gasteiger partial charge in [-0.25, -0.2) is 0 Å². The van der Waals surface area contributed by atoms with Crippen LogP contribution in [-0.2, 0) is 14.5 Å². The molecule has 0 aromatic heterocycles. The maximum Gasteiger partial charge on any atom is 0.371 e. The van der Waals surface area contributed by atoms with Gasteiger partial charge in [0, 0.05) is 0 Å². The van der Waals surface area contributed by atoms with Crippen LogP contribution >= 0.6 is 0 Å². The molecule has 8 heteroatoms. The summed E-state index contributed by atoms with van der Waals surface area (Å²) < 4.78 is 4.61. The number of rotatable bonds is 1. The van der Waals surface area contributed by atoms with Crippen molar-refractivity contribution in [1.82, 2.24) is 0 Å². The van der Waals surface area contributed by atoms with Crippen LogP contribution in [0, 0.1) is 0 Å². The Morgan fingerprint density at radius 3 is 2.21 bits per heavy atom. The summed E-state index contributed by atoms with van der Waals surface area (Å²) in [5, 5.41) is 46.2. The molecule has 5 atom stereocenters. The normalized spacial score (nSPS) is 57.6.